The van der Waals surface area contributed by atoms with E-state index in [1.54, 1.807) is 0 Å². The number of hydrogen-bond acceptors (Lipinski definition) is 3. The molecule has 2 aromatic heterocycles. The number of nitrogens with zero attached hydrogens (tertiary/aromatic N) is 1. The Morgan fingerprint density at radius 2 is 1.21 bits per heavy atom. The lowest BCUT2D eigenvalue weighted by molar-refractivity contribution is 0.601. The zero-order valence-corrected chi connectivity index (χ0v) is 25.0. The van der Waals surface area contributed by atoms with Crippen molar-refractivity contribution in [2.45, 2.75) is 0 Å². The molecule has 7 aromatic carbocycles. The minimum Gasteiger partial charge on any atom is -0.478 e. The van der Waals surface area contributed by atoms with Crippen molar-refractivity contribution in [3.8, 4) is 22.5 Å². The molecule has 0 spiro atoms. The summed E-state index contributed by atoms with van der Waals surface area (Å²) in [6.07, 6.45) is 1.89. The maximum absolute atomic E-state index is 6.65. The Hall–Kier alpha value is -5.93. The minimum absolute atomic E-state index is 0.0255. The molecule has 0 radical (unpaired) electrons. The molecule has 0 saturated heterocycles. The molecule has 0 amide bonds. The van der Waals surface area contributed by atoms with Crippen molar-refractivity contribution >= 4 is 107 Å². The molecule has 9 aromatic rings. The molecule has 47 heavy (non-hydrogen) atoms. The monoisotopic (exact) mass is 593 g/mol. The second-order valence-electron chi connectivity index (χ2n) is 13.5. The fourth-order valence-corrected chi connectivity index (χ4v) is 9.93. The largest absolute Gasteiger partial charge is 0.478 e. The number of furan rings is 2. The first kappa shape index (κ1) is 23.4. The van der Waals surface area contributed by atoms with Gasteiger partial charge in [-0.25, -0.2) is 0 Å². The Labute approximate surface area is 269 Å². The lowest BCUT2D eigenvalue weighted by atomic mass is 9.33. The van der Waals surface area contributed by atoms with E-state index in [0.29, 0.717) is 0 Å². The summed E-state index contributed by atoms with van der Waals surface area (Å²) in [4.78, 5) is 2.58. The van der Waals surface area contributed by atoms with Crippen LogP contribution in [0.5, 0.6) is 0 Å². The Balaban J connectivity index is 1.24. The lowest BCUT2D eigenvalue weighted by Crippen LogP contribution is -2.62. The zero-order chi connectivity index (χ0) is 30.1. The van der Waals surface area contributed by atoms with E-state index < -0.39 is 0 Å². The van der Waals surface area contributed by atoms with Crippen molar-refractivity contribution in [1.82, 2.24) is 0 Å². The topological polar surface area (TPSA) is 29.5 Å². The van der Waals surface area contributed by atoms with Gasteiger partial charge in [-0.05, 0) is 89.5 Å². The molecule has 0 fully saturated rings. The van der Waals surface area contributed by atoms with Crippen LogP contribution in [0.25, 0.3) is 65.7 Å². The van der Waals surface area contributed by atoms with E-state index >= 15 is 0 Å². The molecule has 0 aliphatic carbocycles. The summed E-state index contributed by atoms with van der Waals surface area (Å²) in [5.41, 5.74) is 16.2. The first-order chi connectivity index (χ1) is 23.4. The van der Waals surface area contributed by atoms with Gasteiger partial charge in [0.15, 0.2) is 0 Å². The maximum Gasteiger partial charge on any atom is 0.293 e. The van der Waals surface area contributed by atoms with Crippen LogP contribution in [0.15, 0.2) is 136 Å². The van der Waals surface area contributed by atoms with Crippen LogP contribution in [0, 0.1) is 0 Å². The van der Waals surface area contributed by atoms with E-state index in [0.717, 1.165) is 17.0 Å². The first-order valence-electron chi connectivity index (χ1n) is 16.4. The minimum atomic E-state index is 0.0255. The highest BCUT2D eigenvalue weighted by Gasteiger charge is 2.52. The average Bonchev–Trinajstić information content (AvgIpc) is 3.89. The summed E-state index contributed by atoms with van der Waals surface area (Å²) in [7, 11) is 0. The molecule has 3 nitrogen and oxygen atoms in total. The Bertz CT molecular complexity index is 2950. The van der Waals surface area contributed by atoms with Gasteiger partial charge in [0.05, 0.1) is 11.9 Å². The molecular weight excluding hydrogens is 572 g/mol. The summed E-state index contributed by atoms with van der Waals surface area (Å²) < 4.78 is 13.1. The molecule has 0 atom stereocenters. The summed E-state index contributed by atoms with van der Waals surface area (Å²) in [6.45, 7) is 0.132. The first-order valence-corrected chi connectivity index (χ1v) is 16.4. The highest BCUT2D eigenvalue weighted by molar-refractivity contribution is 7.05. The predicted octanol–water partition coefficient (Wildman–Crippen LogP) is 6.58. The van der Waals surface area contributed by atoms with Gasteiger partial charge in [0, 0.05) is 33.6 Å². The number of benzene rings is 7. The molecule has 4 aliphatic heterocycles. The average molecular weight is 593 g/mol. The van der Waals surface area contributed by atoms with E-state index in [4.69, 9.17) is 8.83 Å². The molecule has 4 aliphatic rings. The van der Waals surface area contributed by atoms with Crippen molar-refractivity contribution < 1.29 is 8.83 Å². The van der Waals surface area contributed by atoms with Crippen molar-refractivity contribution in [1.29, 1.82) is 0 Å². The van der Waals surface area contributed by atoms with Crippen LogP contribution in [0.4, 0.5) is 17.1 Å². The quantitative estimate of drug-likeness (QED) is 0.147. The molecule has 5 heteroatoms. The van der Waals surface area contributed by atoms with E-state index in [-0.39, 0.29) is 13.4 Å². The normalized spacial score (nSPS) is 14.3. The van der Waals surface area contributed by atoms with Crippen LogP contribution < -0.4 is 37.9 Å². The maximum atomic E-state index is 6.65. The van der Waals surface area contributed by atoms with E-state index in [9.17, 15) is 0 Å². The Morgan fingerprint density at radius 3 is 2.06 bits per heavy atom. The van der Waals surface area contributed by atoms with Gasteiger partial charge in [-0.15, -0.1) is 0 Å². The highest BCUT2D eigenvalue weighted by atomic mass is 16.3. The van der Waals surface area contributed by atoms with Crippen LogP contribution in [-0.2, 0) is 0 Å². The van der Waals surface area contributed by atoms with Gasteiger partial charge >= 0.3 is 0 Å². The third-order valence-corrected chi connectivity index (χ3v) is 11.5. The Morgan fingerprint density at radius 1 is 0.511 bits per heavy atom. The van der Waals surface area contributed by atoms with Gasteiger partial charge in [-0.1, -0.05) is 97.1 Å². The standard InChI is InChI=1S/C42H21B2NO2/c1-2-11-24-22(9-1)23-10-3-4-12-25(23)35-29(24)21-33-39-36(35)27-19-20-46-42(27)44(39)31-16-8-15-30-40(31)45(33)32-17-7-14-28-37(32)43(30)38-26-13-5-6-18-34(26)47-41(28)38/h1-21H. The van der Waals surface area contributed by atoms with Gasteiger partial charge < -0.3 is 13.7 Å². The van der Waals surface area contributed by atoms with Crippen molar-refractivity contribution in [3.05, 3.63) is 128 Å². The molecule has 0 saturated carbocycles. The van der Waals surface area contributed by atoms with Gasteiger partial charge in [0.1, 0.15) is 11.3 Å². The van der Waals surface area contributed by atoms with Crippen LogP contribution in [-0.4, -0.2) is 13.4 Å². The highest BCUT2D eigenvalue weighted by Crippen LogP contribution is 2.49. The predicted molar refractivity (Wildman–Crippen MR) is 196 cm³/mol. The number of para-hydroxylation sites is 2. The second kappa shape index (κ2) is 7.71. The summed E-state index contributed by atoms with van der Waals surface area (Å²) in [5, 5.41) is 8.97. The fourth-order valence-electron chi connectivity index (χ4n) is 9.93. The van der Waals surface area contributed by atoms with Crippen LogP contribution in [0.3, 0.4) is 0 Å². The van der Waals surface area contributed by atoms with Crippen molar-refractivity contribution in [2.75, 3.05) is 4.90 Å². The molecule has 13 rings (SSSR count). The smallest absolute Gasteiger partial charge is 0.293 e. The second-order valence-corrected chi connectivity index (χ2v) is 13.5. The van der Waals surface area contributed by atoms with Crippen LogP contribution >= 0.6 is 0 Å². The summed E-state index contributed by atoms with van der Waals surface area (Å²) in [6, 6.07) is 44.8. The fraction of sp³-hybridized carbons (Fsp3) is 0. The van der Waals surface area contributed by atoms with E-state index in [1.807, 2.05) is 6.26 Å². The van der Waals surface area contributed by atoms with Crippen molar-refractivity contribution in [2.24, 2.45) is 0 Å². The number of anilines is 3. The van der Waals surface area contributed by atoms with Gasteiger partial charge in [0.2, 0.25) is 0 Å². The molecule has 212 valence electrons. The zero-order valence-electron chi connectivity index (χ0n) is 25.0. The number of fused-ring (bicyclic) bond motifs is 19. The van der Waals surface area contributed by atoms with E-state index in [1.165, 1.54) is 98.8 Å². The molecule has 0 N–H and O–H groups in total. The Kier molecular flexibility index (Phi) is 3.84. The lowest BCUT2D eigenvalue weighted by Gasteiger charge is -2.42. The number of hydrogen-bond donors (Lipinski definition) is 0. The van der Waals surface area contributed by atoms with Gasteiger partial charge in [0.25, 0.3) is 13.4 Å². The van der Waals surface area contributed by atoms with Crippen LogP contribution in [0.1, 0.15) is 0 Å². The molecule has 0 unspecified atom stereocenters. The van der Waals surface area contributed by atoms with Gasteiger partial charge in [-0.2, -0.15) is 0 Å². The van der Waals surface area contributed by atoms with Crippen molar-refractivity contribution in [3.63, 3.8) is 0 Å². The number of rotatable bonds is 0. The summed E-state index contributed by atoms with van der Waals surface area (Å²) in [5.74, 6) is 1.01. The summed E-state index contributed by atoms with van der Waals surface area (Å²) >= 11 is 0. The SMILES string of the molecule is c1cc2c3c(c1)B1c4c(cccc4N3c3cc4c5ccccc5c5ccccc5c4c4c3B2c2occc2-4)-c2oc3ccccc3c21. The molecule has 0 bridgehead atoms. The van der Waals surface area contributed by atoms with E-state index in [2.05, 4.69) is 126 Å². The molecule has 6 heterocycles. The molecular formula is C42H21B2NO2. The van der Waals surface area contributed by atoms with Crippen LogP contribution in [0.2, 0.25) is 0 Å². The third kappa shape index (κ3) is 2.48. The third-order valence-electron chi connectivity index (χ3n) is 11.5. The van der Waals surface area contributed by atoms with Gasteiger partial charge in [-0.3, -0.25) is 0 Å².